The van der Waals surface area contributed by atoms with E-state index < -0.39 is 17.7 Å². The van der Waals surface area contributed by atoms with Crippen LogP contribution in [0, 0.1) is 0 Å². The molecule has 0 bridgehead atoms. The first kappa shape index (κ1) is 19.9. The quantitative estimate of drug-likeness (QED) is 0.614. The molecule has 156 valence electrons. The Bertz CT molecular complexity index is 998. The summed E-state index contributed by atoms with van der Waals surface area (Å²) in [6, 6.07) is 11.0. The molecule has 6 nitrogen and oxygen atoms in total. The van der Waals surface area contributed by atoms with Crippen LogP contribution in [0.15, 0.2) is 47.5 Å². The van der Waals surface area contributed by atoms with E-state index in [2.05, 4.69) is 10.3 Å². The largest absolute Gasteiger partial charge is 0.418 e. The van der Waals surface area contributed by atoms with E-state index in [9.17, 15) is 22.8 Å². The third-order valence-electron chi connectivity index (χ3n) is 5.30. The molecule has 30 heavy (non-hydrogen) atoms. The Hall–Kier alpha value is -3.36. The van der Waals surface area contributed by atoms with Gasteiger partial charge in [0.2, 0.25) is 12.3 Å². The third-order valence-corrected chi connectivity index (χ3v) is 5.30. The fourth-order valence-corrected chi connectivity index (χ4v) is 3.72. The van der Waals surface area contributed by atoms with Crippen molar-refractivity contribution in [2.24, 2.45) is 4.99 Å². The first-order valence-electron chi connectivity index (χ1n) is 9.46. The van der Waals surface area contributed by atoms with E-state index in [-0.39, 0.29) is 17.3 Å². The molecule has 2 aromatic carbocycles. The number of rotatable bonds is 4. The lowest BCUT2D eigenvalue weighted by Crippen LogP contribution is -2.46. The SMILES string of the molecule is O=CN1CCN(c2ccc(N=CC3C(=O)Nc4ccccc43)cc2C(F)(F)F)CC1. The van der Waals surface area contributed by atoms with Crippen LogP contribution < -0.4 is 10.2 Å². The topological polar surface area (TPSA) is 65.0 Å². The third kappa shape index (κ3) is 3.87. The van der Waals surface area contributed by atoms with Gasteiger partial charge in [-0.3, -0.25) is 14.6 Å². The van der Waals surface area contributed by atoms with E-state index in [1.54, 1.807) is 29.2 Å². The molecule has 1 fully saturated rings. The Morgan fingerprint density at radius 3 is 2.50 bits per heavy atom. The summed E-state index contributed by atoms with van der Waals surface area (Å²) >= 11 is 0. The molecule has 2 aliphatic heterocycles. The van der Waals surface area contributed by atoms with Crippen molar-refractivity contribution >= 4 is 35.6 Å². The van der Waals surface area contributed by atoms with E-state index in [1.807, 2.05) is 0 Å². The highest BCUT2D eigenvalue weighted by Crippen LogP contribution is 2.39. The number of hydrogen-bond acceptors (Lipinski definition) is 4. The van der Waals surface area contributed by atoms with E-state index in [4.69, 9.17) is 0 Å². The molecule has 1 unspecified atom stereocenters. The molecule has 4 rings (SSSR count). The van der Waals surface area contributed by atoms with Gasteiger partial charge >= 0.3 is 6.18 Å². The van der Waals surface area contributed by atoms with Crippen LogP contribution >= 0.6 is 0 Å². The maximum absolute atomic E-state index is 13.7. The van der Waals surface area contributed by atoms with Gasteiger partial charge in [-0.05, 0) is 29.8 Å². The fraction of sp³-hybridized carbons (Fsp3) is 0.286. The van der Waals surface area contributed by atoms with E-state index >= 15 is 0 Å². The van der Waals surface area contributed by atoms with Crippen LogP contribution in [0.2, 0.25) is 0 Å². The van der Waals surface area contributed by atoms with Gasteiger partial charge < -0.3 is 15.1 Å². The zero-order valence-electron chi connectivity index (χ0n) is 15.9. The summed E-state index contributed by atoms with van der Waals surface area (Å²) in [6.45, 7) is 1.39. The van der Waals surface area contributed by atoms with Gasteiger partial charge in [-0.25, -0.2) is 0 Å². The number of piperazine rings is 1. The lowest BCUT2D eigenvalue weighted by atomic mass is 10.0. The highest BCUT2D eigenvalue weighted by Gasteiger charge is 2.36. The Morgan fingerprint density at radius 2 is 1.80 bits per heavy atom. The van der Waals surface area contributed by atoms with Gasteiger partial charge in [-0.15, -0.1) is 0 Å². The van der Waals surface area contributed by atoms with Crippen molar-refractivity contribution in [1.29, 1.82) is 0 Å². The number of amides is 2. The number of alkyl halides is 3. The van der Waals surface area contributed by atoms with Crippen molar-refractivity contribution in [3.63, 3.8) is 0 Å². The second-order valence-corrected chi connectivity index (χ2v) is 7.16. The van der Waals surface area contributed by atoms with E-state index in [1.165, 1.54) is 23.2 Å². The molecule has 2 aliphatic rings. The summed E-state index contributed by atoms with van der Waals surface area (Å²) in [5, 5.41) is 2.73. The molecule has 2 aromatic rings. The van der Waals surface area contributed by atoms with Crippen molar-refractivity contribution in [2.75, 3.05) is 36.4 Å². The Balaban J connectivity index is 1.60. The molecule has 9 heteroatoms. The second-order valence-electron chi connectivity index (χ2n) is 7.16. The molecule has 0 radical (unpaired) electrons. The fourth-order valence-electron chi connectivity index (χ4n) is 3.72. The number of hydrogen-bond donors (Lipinski definition) is 1. The number of benzene rings is 2. The van der Waals surface area contributed by atoms with Gasteiger partial charge in [0.05, 0.1) is 11.3 Å². The van der Waals surface area contributed by atoms with Crippen LogP contribution in [0.1, 0.15) is 17.0 Å². The number of anilines is 2. The van der Waals surface area contributed by atoms with Crippen molar-refractivity contribution in [1.82, 2.24) is 4.90 Å². The van der Waals surface area contributed by atoms with Gasteiger partial charge in [0.15, 0.2) is 0 Å². The maximum atomic E-state index is 13.7. The number of nitrogens with zero attached hydrogens (tertiary/aromatic N) is 3. The molecule has 0 saturated carbocycles. The van der Waals surface area contributed by atoms with Crippen LogP contribution in [0.4, 0.5) is 30.2 Å². The zero-order valence-corrected chi connectivity index (χ0v) is 15.9. The van der Waals surface area contributed by atoms with Gasteiger partial charge in [0, 0.05) is 43.8 Å². The molecular weight excluding hydrogens is 397 g/mol. The minimum Gasteiger partial charge on any atom is -0.367 e. The lowest BCUT2D eigenvalue weighted by Gasteiger charge is -2.35. The molecule has 0 spiro atoms. The van der Waals surface area contributed by atoms with Gasteiger partial charge in [-0.2, -0.15) is 13.2 Å². The first-order valence-corrected chi connectivity index (χ1v) is 9.46. The average molecular weight is 416 g/mol. The number of aliphatic imine (C=N–C) groups is 1. The molecule has 2 heterocycles. The first-order chi connectivity index (χ1) is 14.4. The van der Waals surface area contributed by atoms with Crippen LogP contribution in [0.25, 0.3) is 0 Å². The molecule has 1 saturated heterocycles. The molecular formula is C21H19F3N4O2. The zero-order chi connectivity index (χ0) is 21.3. The van der Waals surface area contributed by atoms with Crippen molar-refractivity contribution < 1.29 is 22.8 Å². The van der Waals surface area contributed by atoms with Crippen LogP contribution in [0.5, 0.6) is 0 Å². The van der Waals surface area contributed by atoms with Gasteiger partial charge in [-0.1, -0.05) is 18.2 Å². The standard InChI is InChI=1S/C21H19F3N4O2/c22-21(23,24)17-11-14(5-6-19(17)28-9-7-27(13-29)8-10-28)25-12-16-15-3-1-2-4-18(15)26-20(16)30/h1-6,11-13,16H,7-10H2,(H,26,30). The monoisotopic (exact) mass is 416 g/mol. The molecule has 2 amide bonds. The van der Waals surface area contributed by atoms with Crippen molar-refractivity contribution in [3.8, 4) is 0 Å². The number of carbonyl (C=O) groups excluding carboxylic acids is 2. The number of halogens is 3. The average Bonchev–Trinajstić information content (AvgIpc) is 3.06. The minimum absolute atomic E-state index is 0.0657. The number of para-hydroxylation sites is 1. The summed E-state index contributed by atoms with van der Waals surface area (Å²) in [5.74, 6) is -0.910. The van der Waals surface area contributed by atoms with Crippen LogP contribution in [0.3, 0.4) is 0 Å². The predicted molar refractivity (Wildman–Crippen MR) is 107 cm³/mol. The Labute approximate surface area is 171 Å². The highest BCUT2D eigenvalue weighted by molar-refractivity contribution is 6.12. The van der Waals surface area contributed by atoms with Crippen LogP contribution in [-0.4, -0.2) is 49.6 Å². The van der Waals surface area contributed by atoms with Crippen molar-refractivity contribution in [2.45, 2.75) is 12.1 Å². The Morgan fingerprint density at radius 1 is 1.07 bits per heavy atom. The maximum Gasteiger partial charge on any atom is 0.418 e. The van der Waals surface area contributed by atoms with Gasteiger partial charge in [0.25, 0.3) is 0 Å². The summed E-state index contributed by atoms with van der Waals surface area (Å²) in [6.07, 6.45) is -2.48. The van der Waals surface area contributed by atoms with E-state index in [0.29, 0.717) is 38.3 Å². The molecule has 1 N–H and O–H groups in total. The summed E-state index contributed by atoms with van der Waals surface area (Å²) in [5.41, 5.74) is 0.824. The summed E-state index contributed by atoms with van der Waals surface area (Å²) in [7, 11) is 0. The predicted octanol–water partition coefficient (Wildman–Crippen LogP) is 3.42. The van der Waals surface area contributed by atoms with Gasteiger partial charge in [0.1, 0.15) is 5.92 Å². The molecule has 0 aromatic heterocycles. The Kier molecular flexibility index (Phi) is 5.19. The lowest BCUT2D eigenvalue weighted by molar-refractivity contribution is -0.137. The smallest absolute Gasteiger partial charge is 0.367 e. The normalized spacial score (nSPS) is 19.2. The van der Waals surface area contributed by atoms with Crippen LogP contribution in [-0.2, 0) is 15.8 Å². The number of nitrogens with one attached hydrogen (secondary N) is 1. The number of fused-ring (bicyclic) bond motifs is 1. The van der Waals surface area contributed by atoms with Crippen molar-refractivity contribution in [3.05, 3.63) is 53.6 Å². The molecule has 0 aliphatic carbocycles. The van der Waals surface area contributed by atoms with E-state index in [0.717, 1.165) is 11.6 Å². The number of carbonyl (C=O) groups is 2. The highest BCUT2D eigenvalue weighted by atomic mass is 19.4. The molecule has 1 atom stereocenters. The second kappa shape index (κ2) is 7.81. The summed E-state index contributed by atoms with van der Waals surface area (Å²) < 4.78 is 41.2. The minimum atomic E-state index is -4.56. The summed E-state index contributed by atoms with van der Waals surface area (Å²) in [4.78, 5) is 30.3.